The Morgan fingerprint density at radius 1 is 1.02 bits per heavy atom. The third-order valence-corrected chi connectivity index (χ3v) is 7.89. The summed E-state index contributed by atoms with van der Waals surface area (Å²) in [4.78, 5) is 25.3. The number of hydrogen-bond acceptors (Lipinski definition) is 11. The molecule has 2 fully saturated rings. The van der Waals surface area contributed by atoms with Crippen LogP contribution in [0.4, 0.5) is 16.3 Å². The minimum absolute atomic E-state index is 0.0113. The van der Waals surface area contributed by atoms with Crippen molar-refractivity contribution in [2.45, 2.75) is 6.42 Å². The average Bonchev–Trinajstić information content (AvgIpc) is 3.57. The van der Waals surface area contributed by atoms with Crippen molar-refractivity contribution in [2.24, 2.45) is 0 Å². The van der Waals surface area contributed by atoms with Crippen molar-refractivity contribution >= 4 is 40.0 Å². The number of carbonyl (C=O) groups excluding carboxylic acids is 1. The van der Waals surface area contributed by atoms with Crippen molar-refractivity contribution in [3.63, 3.8) is 0 Å². The molecule has 13 nitrogen and oxygen atoms in total. The number of hydrogen-bond donors (Lipinski definition) is 2. The smallest absolute Gasteiger partial charge is 0.318 e. The van der Waals surface area contributed by atoms with E-state index in [1.807, 2.05) is 12.1 Å². The maximum Gasteiger partial charge on any atom is 0.318 e. The number of aromatic nitrogens is 2. The van der Waals surface area contributed by atoms with E-state index in [9.17, 15) is 4.79 Å². The standard InChI is InChI=1S/C31H35ClN6O7/c1-40-25-17-22-24(18-26(25)43-11-3-6-37-7-12-41-13-8-37)34-19-35-30(22)36-27-23(32)16-21(28-29(27)45-20-44-28)4-2-5-33-31(39)38-9-14-42-15-10-38/h16-19H,3,5-15,20H2,1H3,(H,33,39)(H,34,35,36). The van der Waals surface area contributed by atoms with Gasteiger partial charge in [0, 0.05) is 44.2 Å². The van der Waals surface area contributed by atoms with E-state index in [0.29, 0.717) is 88.9 Å². The SMILES string of the molecule is COc1cc2c(Nc3c(Cl)cc(C#CCNC(=O)N4CCOCC4)c4c3OCO4)ncnc2cc1OCCCN1CCOCC1. The molecule has 0 bridgehead atoms. The molecule has 0 unspecified atom stereocenters. The molecule has 2 amide bonds. The molecule has 238 valence electrons. The average molecular weight is 639 g/mol. The molecule has 2 aromatic carbocycles. The monoisotopic (exact) mass is 638 g/mol. The van der Waals surface area contributed by atoms with Crippen LogP contribution < -0.4 is 29.6 Å². The number of rotatable bonds is 9. The van der Waals surface area contributed by atoms with Gasteiger partial charge in [-0.15, -0.1) is 0 Å². The quantitative estimate of drug-likeness (QED) is 0.265. The first-order valence-electron chi connectivity index (χ1n) is 14.8. The molecule has 0 spiro atoms. The molecule has 0 saturated carbocycles. The normalized spacial score (nSPS) is 16.2. The Labute approximate surface area is 266 Å². The van der Waals surface area contributed by atoms with Crippen LogP contribution in [0.25, 0.3) is 10.9 Å². The Bertz CT molecular complexity index is 1580. The second-order valence-electron chi connectivity index (χ2n) is 10.4. The maximum absolute atomic E-state index is 12.3. The van der Waals surface area contributed by atoms with E-state index < -0.39 is 0 Å². The van der Waals surface area contributed by atoms with Gasteiger partial charge in [0.15, 0.2) is 23.0 Å². The number of fused-ring (bicyclic) bond motifs is 2. The molecule has 3 aliphatic rings. The van der Waals surface area contributed by atoms with E-state index in [2.05, 4.69) is 37.3 Å². The number of morpholine rings is 2. The summed E-state index contributed by atoms with van der Waals surface area (Å²) in [6.45, 7) is 7.29. The van der Waals surface area contributed by atoms with Gasteiger partial charge in [-0.05, 0) is 18.6 Å². The number of carbonyl (C=O) groups is 1. The van der Waals surface area contributed by atoms with Crippen LogP contribution in [0.2, 0.25) is 5.02 Å². The summed E-state index contributed by atoms with van der Waals surface area (Å²) < 4.78 is 34.0. The van der Waals surface area contributed by atoms with Gasteiger partial charge in [0.05, 0.1) is 62.8 Å². The lowest BCUT2D eigenvalue weighted by atomic mass is 10.1. The van der Waals surface area contributed by atoms with Gasteiger partial charge in [-0.25, -0.2) is 14.8 Å². The van der Waals surface area contributed by atoms with E-state index in [-0.39, 0.29) is 19.4 Å². The second kappa shape index (κ2) is 14.7. The molecule has 4 heterocycles. The summed E-state index contributed by atoms with van der Waals surface area (Å²) in [7, 11) is 1.60. The molecule has 45 heavy (non-hydrogen) atoms. The van der Waals surface area contributed by atoms with Crippen LogP contribution in [0.3, 0.4) is 0 Å². The third kappa shape index (κ3) is 7.37. The van der Waals surface area contributed by atoms with Gasteiger partial charge in [-0.2, -0.15) is 0 Å². The number of amides is 2. The van der Waals surface area contributed by atoms with Crippen molar-refractivity contribution < 1.29 is 33.2 Å². The number of methoxy groups -OCH3 is 1. The first-order chi connectivity index (χ1) is 22.1. The Morgan fingerprint density at radius 2 is 1.80 bits per heavy atom. The Hall–Kier alpha value is -4.22. The van der Waals surface area contributed by atoms with E-state index in [1.54, 1.807) is 18.1 Å². The van der Waals surface area contributed by atoms with Gasteiger partial charge < -0.3 is 44.0 Å². The number of anilines is 2. The molecule has 1 aromatic heterocycles. The van der Waals surface area contributed by atoms with E-state index in [1.165, 1.54) is 6.33 Å². The predicted octanol–water partition coefficient (Wildman–Crippen LogP) is 3.26. The molecule has 2 N–H and O–H groups in total. The summed E-state index contributed by atoms with van der Waals surface area (Å²) in [6.07, 6.45) is 2.35. The highest BCUT2D eigenvalue weighted by Crippen LogP contribution is 2.47. The number of nitrogens with one attached hydrogen (secondary N) is 2. The zero-order valence-corrected chi connectivity index (χ0v) is 25.8. The minimum Gasteiger partial charge on any atom is -0.493 e. The molecular formula is C31H35ClN6O7. The lowest BCUT2D eigenvalue weighted by Gasteiger charge is -2.26. The number of ether oxygens (including phenoxy) is 6. The predicted molar refractivity (Wildman–Crippen MR) is 167 cm³/mol. The van der Waals surface area contributed by atoms with E-state index >= 15 is 0 Å². The molecule has 14 heteroatoms. The van der Waals surface area contributed by atoms with Gasteiger partial charge >= 0.3 is 6.03 Å². The topological polar surface area (TPSA) is 129 Å². The Kier molecular flexibility index (Phi) is 10.1. The summed E-state index contributed by atoms with van der Waals surface area (Å²) in [5.41, 5.74) is 1.70. The molecule has 6 rings (SSSR count). The first-order valence-corrected chi connectivity index (χ1v) is 15.2. The zero-order chi connectivity index (χ0) is 31.0. The Balaban J connectivity index is 1.15. The number of benzene rings is 2. The van der Waals surface area contributed by atoms with Crippen molar-refractivity contribution in [3.05, 3.63) is 35.1 Å². The fraction of sp³-hybridized carbons (Fsp3) is 0.452. The van der Waals surface area contributed by atoms with E-state index in [4.69, 9.17) is 40.0 Å². The summed E-state index contributed by atoms with van der Waals surface area (Å²) in [5, 5.41) is 7.18. The summed E-state index contributed by atoms with van der Waals surface area (Å²) in [5.74, 6) is 8.55. The van der Waals surface area contributed by atoms with Crippen LogP contribution in [-0.4, -0.2) is 112 Å². The summed E-state index contributed by atoms with van der Waals surface area (Å²) in [6, 6.07) is 5.20. The zero-order valence-electron chi connectivity index (χ0n) is 25.0. The highest BCUT2D eigenvalue weighted by atomic mass is 35.5. The number of urea groups is 1. The molecule has 0 atom stereocenters. The summed E-state index contributed by atoms with van der Waals surface area (Å²) >= 11 is 6.74. The van der Waals surface area contributed by atoms with Crippen LogP contribution in [-0.2, 0) is 9.47 Å². The second-order valence-corrected chi connectivity index (χ2v) is 10.8. The van der Waals surface area contributed by atoms with Crippen LogP contribution in [0, 0.1) is 11.8 Å². The maximum atomic E-state index is 12.3. The van der Waals surface area contributed by atoms with Gasteiger partial charge in [0.1, 0.15) is 17.8 Å². The number of nitrogens with zero attached hydrogens (tertiary/aromatic N) is 4. The minimum atomic E-state index is -0.175. The van der Waals surface area contributed by atoms with Gasteiger partial charge in [0.25, 0.3) is 0 Å². The number of halogens is 1. The van der Waals surface area contributed by atoms with Crippen molar-refractivity contribution in [3.8, 4) is 34.8 Å². The first kappa shape index (κ1) is 30.8. The van der Waals surface area contributed by atoms with E-state index in [0.717, 1.165) is 39.3 Å². The lowest BCUT2D eigenvalue weighted by molar-refractivity contribution is 0.0357. The lowest BCUT2D eigenvalue weighted by Crippen LogP contribution is -2.46. The molecule has 2 saturated heterocycles. The van der Waals surface area contributed by atoms with Gasteiger partial charge in [0.2, 0.25) is 6.79 Å². The largest absolute Gasteiger partial charge is 0.493 e. The molecule has 0 aliphatic carbocycles. The van der Waals surface area contributed by atoms with Crippen molar-refractivity contribution in [2.75, 3.05) is 91.5 Å². The van der Waals surface area contributed by atoms with Crippen LogP contribution in [0.1, 0.15) is 12.0 Å². The van der Waals surface area contributed by atoms with Crippen LogP contribution >= 0.6 is 11.6 Å². The highest BCUT2D eigenvalue weighted by Gasteiger charge is 2.26. The Morgan fingerprint density at radius 3 is 2.60 bits per heavy atom. The molecular weight excluding hydrogens is 604 g/mol. The van der Waals surface area contributed by atoms with Crippen molar-refractivity contribution in [1.82, 2.24) is 25.1 Å². The molecule has 3 aliphatic heterocycles. The van der Waals surface area contributed by atoms with Gasteiger partial charge in [-0.1, -0.05) is 23.4 Å². The molecule has 3 aromatic rings. The van der Waals surface area contributed by atoms with Gasteiger partial charge in [-0.3, -0.25) is 4.90 Å². The van der Waals surface area contributed by atoms with Crippen molar-refractivity contribution in [1.29, 1.82) is 0 Å². The fourth-order valence-electron chi connectivity index (χ4n) is 5.23. The third-order valence-electron chi connectivity index (χ3n) is 7.59. The van der Waals surface area contributed by atoms with Crippen LogP contribution in [0.5, 0.6) is 23.0 Å². The fourth-order valence-corrected chi connectivity index (χ4v) is 5.48. The highest BCUT2D eigenvalue weighted by molar-refractivity contribution is 6.34. The molecule has 0 radical (unpaired) electrons. The van der Waals surface area contributed by atoms with Crippen LogP contribution in [0.15, 0.2) is 24.5 Å².